The summed E-state index contributed by atoms with van der Waals surface area (Å²) in [7, 11) is 0. The molecule has 1 aromatic carbocycles. The van der Waals surface area contributed by atoms with Gasteiger partial charge in [-0.15, -0.1) is 20.1 Å². The third kappa shape index (κ3) is 3.93. The van der Waals surface area contributed by atoms with Crippen molar-refractivity contribution in [3.63, 3.8) is 0 Å². The van der Waals surface area contributed by atoms with Crippen LogP contribution >= 0.6 is 0 Å². The second-order valence-corrected chi connectivity index (χ2v) is 8.68. The molecule has 2 bridgehead atoms. The molecule has 3 heterocycles. The van der Waals surface area contributed by atoms with Crippen molar-refractivity contribution in [1.82, 2.24) is 30.1 Å². The van der Waals surface area contributed by atoms with Crippen LogP contribution in [0.15, 0.2) is 28.8 Å². The zero-order valence-electron chi connectivity index (χ0n) is 18.2. The molecule has 36 heavy (non-hydrogen) atoms. The van der Waals surface area contributed by atoms with Gasteiger partial charge in [0.15, 0.2) is 0 Å². The van der Waals surface area contributed by atoms with Crippen LogP contribution in [0.1, 0.15) is 36.6 Å². The van der Waals surface area contributed by atoms with E-state index < -0.39 is 59.5 Å². The van der Waals surface area contributed by atoms with Gasteiger partial charge in [0.25, 0.3) is 5.95 Å². The molecule has 3 atom stereocenters. The third-order valence-electron chi connectivity index (χ3n) is 6.38. The van der Waals surface area contributed by atoms with Crippen molar-refractivity contribution >= 4 is 11.7 Å². The fraction of sp³-hybridized carbons (Fsp3) is 0.450. The maximum Gasteiger partial charge on any atom is 0.418 e. The lowest BCUT2D eigenvalue weighted by Crippen LogP contribution is -2.71. The highest BCUT2D eigenvalue weighted by Gasteiger charge is 2.66. The lowest BCUT2D eigenvalue weighted by molar-refractivity contribution is -0.229. The second-order valence-electron chi connectivity index (χ2n) is 8.68. The van der Waals surface area contributed by atoms with Crippen LogP contribution in [0.3, 0.4) is 0 Å². The van der Waals surface area contributed by atoms with Gasteiger partial charge in [0.1, 0.15) is 17.4 Å². The number of alkyl halides is 6. The zero-order valence-corrected chi connectivity index (χ0v) is 18.2. The fourth-order valence-electron chi connectivity index (χ4n) is 4.94. The van der Waals surface area contributed by atoms with Crippen molar-refractivity contribution < 1.29 is 39.9 Å². The van der Waals surface area contributed by atoms with Gasteiger partial charge in [-0.05, 0) is 31.0 Å². The molecule has 1 saturated carbocycles. The van der Waals surface area contributed by atoms with Crippen molar-refractivity contribution in [1.29, 1.82) is 0 Å². The number of hydrogen-bond acceptors (Lipinski definition) is 6. The maximum atomic E-state index is 13.5. The van der Waals surface area contributed by atoms with E-state index in [4.69, 9.17) is 4.42 Å². The first-order valence-electron chi connectivity index (χ1n) is 10.5. The third-order valence-corrected chi connectivity index (χ3v) is 6.38. The Labute approximate surface area is 197 Å². The summed E-state index contributed by atoms with van der Waals surface area (Å²) in [6.45, 7) is 1.45. The van der Waals surface area contributed by atoms with Crippen molar-refractivity contribution in [3.8, 4) is 5.69 Å². The number of anilines is 1. The molecular weight excluding hydrogens is 503 g/mol. The van der Waals surface area contributed by atoms with Crippen molar-refractivity contribution in [2.24, 2.45) is 5.92 Å². The maximum absolute atomic E-state index is 13.5. The molecule has 0 radical (unpaired) electrons. The number of hydrogen-bond donors (Lipinski definition) is 1. The normalized spacial score (nSPS) is 23.9. The van der Waals surface area contributed by atoms with Gasteiger partial charge in [-0.3, -0.25) is 0 Å². The van der Waals surface area contributed by atoms with E-state index >= 15 is 0 Å². The lowest BCUT2D eigenvalue weighted by atomic mass is 9.63. The monoisotopic (exact) mass is 519 g/mol. The summed E-state index contributed by atoms with van der Waals surface area (Å²) >= 11 is 0. The van der Waals surface area contributed by atoms with E-state index in [1.807, 2.05) is 0 Å². The molecule has 3 aromatic rings. The Bertz CT molecular complexity index is 1320. The Morgan fingerprint density at radius 3 is 2.50 bits per heavy atom. The summed E-state index contributed by atoms with van der Waals surface area (Å²) in [5.41, 5.74) is -3.51. The predicted molar refractivity (Wildman–Crippen MR) is 105 cm³/mol. The SMILES string of the molecule is Cc1nnc(C23CC(CC(C(F)(F)F)C2)N3C(=O)Nc2ccc(C(F)(F)F)c(-n3ncc(F)n3)c2)o1. The van der Waals surface area contributed by atoms with Gasteiger partial charge in [-0.2, -0.15) is 35.8 Å². The van der Waals surface area contributed by atoms with Gasteiger partial charge in [-0.25, -0.2) is 4.79 Å². The molecule has 1 aliphatic carbocycles. The number of aryl methyl sites for hydroxylation is 1. The van der Waals surface area contributed by atoms with Crippen molar-refractivity contribution in [2.45, 2.75) is 50.1 Å². The van der Waals surface area contributed by atoms with E-state index in [0.29, 0.717) is 17.1 Å². The predicted octanol–water partition coefficient (Wildman–Crippen LogP) is 4.59. The molecule has 2 aromatic heterocycles. The van der Waals surface area contributed by atoms with Gasteiger partial charge in [0.2, 0.25) is 11.8 Å². The van der Waals surface area contributed by atoms with Crippen LogP contribution in [0.4, 0.5) is 41.2 Å². The number of fused-ring (bicyclic) bond motifs is 2. The Hall–Kier alpha value is -3.72. The summed E-state index contributed by atoms with van der Waals surface area (Å²) in [5, 5.41) is 16.6. The molecule has 5 rings (SSSR count). The van der Waals surface area contributed by atoms with E-state index in [9.17, 15) is 35.5 Å². The number of likely N-dealkylation sites (tertiary alicyclic amines) is 1. The number of amides is 2. The summed E-state index contributed by atoms with van der Waals surface area (Å²) in [6.07, 6.45) is -9.43. The molecule has 1 N–H and O–H groups in total. The number of halogens is 7. The van der Waals surface area contributed by atoms with E-state index in [1.165, 1.54) is 6.92 Å². The van der Waals surface area contributed by atoms with Gasteiger partial charge < -0.3 is 14.6 Å². The highest BCUT2D eigenvalue weighted by molar-refractivity contribution is 5.91. The number of nitrogens with zero attached hydrogens (tertiary/aromatic N) is 6. The molecule has 1 saturated heterocycles. The molecule has 3 unspecified atom stereocenters. The first-order chi connectivity index (χ1) is 16.8. The summed E-state index contributed by atoms with van der Waals surface area (Å²) < 4.78 is 99.7. The average molecular weight is 519 g/mol. The van der Waals surface area contributed by atoms with Gasteiger partial charge in [0.05, 0.1) is 11.5 Å². The topological polar surface area (TPSA) is 102 Å². The van der Waals surface area contributed by atoms with Gasteiger partial charge >= 0.3 is 18.4 Å². The Balaban J connectivity index is 1.47. The van der Waals surface area contributed by atoms with E-state index in [1.54, 1.807) is 0 Å². The Morgan fingerprint density at radius 1 is 1.17 bits per heavy atom. The molecule has 2 fully saturated rings. The van der Waals surface area contributed by atoms with Crippen LogP contribution in [0.5, 0.6) is 0 Å². The van der Waals surface area contributed by atoms with Crippen LogP contribution in [0.25, 0.3) is 5.69 Å². The molecule has 2 amide bonds. The summed E-state index contributed by atoms with van der Waals surface area (Å²) in [5.74, 6) is -2.87. The fourth-order valence-corrected chi connectivity index (χ4v) is 4.94. The minimum Gasteiger partial charge on any atom is -0.423 e. The number of nitrogens with one attached hydrogen (secondary N) is 1. The lowest BCUT2D eigenvalue weighted by Gasteiger charge is -2.61. The standard InChI is InChI=1S/C20H16F7N7O2/c1-9-30-31-16(36-9)18-6-10(19(22,23)24)4-12(7-18)33(18)17(35)29-11-2-3-13(20(25,26)27)14(5-11)34-28-8-15(21)32-34/h2-3,5,8,10,12H,4,6-7H2,1H3,(H,29,35). The number of benzene rings is 1. The first kappa shape index (κ1) is 24.0. The Kier molecular flexibility index (Phi) is 5.26. The number of piperidine rings is 1. The number of aromatic nitrogens is 5. The number of carbonyl (C=O) groups is 1. The number of urea groups is 1. The van der Waals surface area contributed by atoms with Crippen LogP contribution in [0, 0.1) is 18.8 Å². The van der Waals surface area contributed by atoms with Crippen molar-refractivity contribution in [3.05, 3.63) is 47.7 Å². The van der Waals surface area contributed by atoms with Crippen LogP contribution < -0.4 is 5.32 Å². The molecule has 9 nitrogen and oxygen atoms in total. The number of rotatable bonds is 3. The van der Waals surface area contributed by atoms with E-state index in [-0.39, 0.29) is 30.3 Å². The highest BCUT2D eigenvalue weighted by Crippen LogP contribution is 2.58. The minimum absolute atomic E-state index is 0.101. The molecule has 1 aliphatic heterocycles. The first-order valence-corrected chi connectivity index (χ1v) is 10.5. The van der Waals surface area contributed by atoms with E-state index in [0.717, 1.165) is 17.0 Å². The van der Waals surface area contributed by atoms with Crippen LogP contribution in [-0.4, -0.2) is 48.3 Å². The van der Waals surface area contributed by atoms with Gasteiger partial charge in [0, 0.05) is 25.1 Å². The zero-order chi connectivity index (χ0) is 26.0. The summed E-state index contributed by atoms with van der Waals surface area (Å²) in [4.78, 5) is 14.8. The van der Waals surface area contributed by atoms with E-state index in [2.05, 4.69) is 25.7 Å². The summed E-state index contributed by atoms with van der Waals surface area (Å²) in [6, 6.07) is 0.820. The molecule has 2 aliphatic rings. The average Bonchev–Trinajstić information content (AvgIpc) is 3.40. The van der Waals surface area contributed by atoms with Gasteiger partial charge in [-0.1, -0.05) is 0 Å². The Morgan fingerprint density at radius 2 is 1.92 bits per heavy atom. The largest absolute Gasteiger partial charge is 0.423 e. The number of carbonyl (C=O) groups excluding carboxylic acids is 1. The van der Waals surface area contributed by atoms with Crippen LogP contribution in [0.2, 0.25) is 0 Å². The smallest absolute Gasteiger partial charge is 0.418 e. The molecule has 0 spiro atoms. The quantitative estimate of drug-likeness (QED) is 0.508. The van der Waals surface area contributed by atoms with Crippen molar-refractivity contribution in [2.75, 3.05) is 5.32 Å². The van der Waals surface area contributed by atoms with Crippen LogP contribution in [-0.2, 0) is 11.7 Å². The highest BCUT2D eigenvalue weighted by atomic mass is 19.4. The minimum atomic E-state index is -4.84. The molecule has 16 heteroatoms. The molecular formula is C20H16F7N7O2. The molecule has 192 valence electrons. The second kappa shape index (κ2) is 7.89.